The van der Waals surface area contributed by atoms with Crippen LogP contribution in [0.3, 0.4) is 0 Å². The number of hydrogen-bond acceptors (Lipinski definition) is 4. The van der Waals surface area contributed by atoms with E-state index in [2.05, 4.69) is 10.6 Å². The van der Waals surface area contributed by atoms with E-state index in [1.165, 1.54) is 18.2 Å². The zero-order chi connectivity index (χ0) is 19.2. The molecule has 0 aromatic heterocycles. The Morgan fingerprint density at radius 2 is 1.63 bits per heavy atom. The lowest BCUT2D eigenvalue weighted by molar-refractivity contribution is -0.121. The fraction of sp³-hybridized carbons (Fsp3) is 0.300. The Balaban J connectivity index is 1.46. The molecular formula is C20H22FN3O3. The first-order valence-electron chi connectivity index (χ1n) is 8.88. The van der Waals surface area contributed by atoms with Crippen LogP contribution in [0.25, 0.3) is 0 Å². The number of carbonyl (C=O) groups excluding carboxylic acids is 2. The zero-order valence-electron chi connectivity index (χ0n) is 14.8. The Morgan fingerprint density at radius 1 is 1.00 bits per heavy atom. The largest absolute Gasteiger partial charge is 0.506 e. The molecular weight excluding hydrogens is 349 g/mol. The molecule has 142 valence electrons. The molecule has 0 atom stereocenters. The minimum absolute atomic E-state index is 0.0353. The Morgan fingerprint density at radius 3 is 2.30 bits per heavy atom. The number of rotatable bonds is 5. The number of hydrogen-bond donors (Lipinski definition) is 3. The molecule has 1 aliphatic heterocycles. The van der Waals surface area contributed by atoms with Gasteiger partial charge in [-0.2, -0.15) is 0 Å². The molecule has 0 aliphatic carbocycles. The van der Waals surface area contributed by atoms with E-state index < -0.39 is 5.82 Å². The predicted octanol–water partition coefficient (Wildman–Crippen LogP) is 2.82. The molecule has 1 fully saturated rings. The number of aromatic hydroxyl groups is 1. The number of likely N-dealkylation sites (tertiary alicyclic amines) is 1. The normalized spacial score (nSPS) is 15.3. The number of para-hydroxylation sites is 3. The van der Waals surface area contributed by atoms with Crippen LogP contribution in [0.15, 0.2) is 48.5 Å². The highest BCUT2D eigenvalue weighted by Gasteiger charge is 2.26. The van der Waals surface area contributed by atoms with Crippen LogP contribution in [0.5, 0.6) is 5.75 Å². The lowest BCUT2D eigenvalue weighted by Crippen LogP contribution is -2.41. The minimum atomic E-state index is -0.467. The number of amides is 2. The number of benzene rings is 2. The Hall–Kier alpha value is -2.93. The van der Waals surface area contributed by atoms with Crippen molar-refractivity contribution in [3.05, 3.63) is 54.3 Å². The van der Waals surface area contributed by atoms with E-state index in [4.69, 9.17) is 0 Å². The van der Waals surface area contributed by atoms with Gasteiger partial charge in [-0.05, 0) is 50.2 Å². The fourth-order valence-electron chi connectivity index (χ4n) is 3.12. The summed E-state index contributed by atoms with van der Waals surface area (Å²) in [6.45, 7) is 1.36. The van der Waals surface area contributed by atoms with E-state index in [0.29, 0.717) is 31.6 Å². The van der Waals surface area contributed by atoms with E-state index >= 15 is 0 Å². The summed E-state index contributed by atoms with van der Waals surface area (Å²) in [5, 5.41) is 15.1. The Labute approximate surface area is 157 Å². The van der Waals surface area contributed by atoms with Crippen LogP contribution in [-0.4, -0.2) is 41.5 Å². The second-order valence-corrected chi connectivity index (χ2v) is 6.58. The average molecular weight is 371 g/mol. The molecule has 0 radical (unpaired) electrons. The number of halogens is 1. The van der Waals surface area contributed by atoms with Gasteiger partial charge in [0, 0.05) is 5.92 Å². The number of carbonyl (C=O) groups is 2. The third kappa shape index (κ3) is 5.04. The van der Waals surface area contributed by atoms with Gasteiger partial charge >= 0.3 is 0 Å². The van der Waals surface area contributed by atoms with Gasteiger partial charge in [-0.15, -0.1) is 0 Å². The van der Waals surface area contributed by atoms with Crippen LogP contribution in [0, 0.1) is 11.7 Å². The van der Waals surface area contributed by atoms with Gasteiger partial charge in [-0.3, -0.25) is 14.5 Å². The first kappa shape index (κ1) is 18.8. The molecule has 0 unspecified atom stereocenters. The van der Waals surface area contributed by atoms with E-state index in [0.717, 1.165) is 0 Å². The molecule has 1 heterocycles. The van der Waals surface area contributed by atoms with Crippen LogP contribution in [-0.2, 0) is 9.59 Å². The molecule has 3 N–H and O–H groups in total. The molecule has 27 heavy (non-hydrogen) atoms. The van der Waals surface area contributed by atoms with Gasteiger partial charge in [0.2, 0.25) is 11.8 Å². The summed E-state index contributed by atoms with van der Waals surface area (Å²) in [7, 11) is 0. The molecule has 7 heteroatoms. The first-order chi connectivity index (χ1) is 13.0. The standard InChI is InChI=1S/C20H22FN3O3/c21-15-5-1-2-6-16(15)22-19(26)13-24-11-9-14(10-12-24)20(27)23-17-7-3-4-8-18(17)25/h1-8,14,25H,9-13H2,(H,22,26)(H,23,27). The highest BCUT2D eigenvalue weighted by atomic mass is 19.1. The van der Waals surface area contributed by atoms with Crippen LogP contribution in [0.2, 0.25) is 0 Å². The monoisotopic (exact) mass is 371 g/mol. The summed E-state index contributed by atoms with van der Waals surface area (Å²) >= 11 is 0. The molecule has 6 nitrogen and oxygen atoms in total. The third-order valence-corrected chi connectivity index (χ3v) is 4.64. The van der Waals surface area contributed by atoms with Gasteiger partial charge in [0.15, 0.2) is 0 Å². The number of phenolic OH excluding ortho intramolecular Hbond substituents is 1. The topological polar surface area (TPSA) is 81.7 Å². The SMILES string of the molecule is O=C(CN1CCC(C(=O)Nc2ccccc2O)CC1)Nc1ccccc1F. The van der Waals surface area contributed by atoms with Gasteiger partial charge in [0.1, 0.15) is 11.6 Å². The van der Waals surface area contributed by atoms with Crippen molar-refractivity contribution in [1.82, 2.24) is 4.90 Å². The van der Waals surface area contributed by atoms with Crippen LogP contribution >= 0.6 is 0 Å². The molecule has 0 saturated carbocycles. The quantitative estimate of drug-likeness (QED) is 0.706. The van der Waals surface area contributed by atoms with Gasteiger partial charge in [0.25, 0.3) is 0 Å². The zero-order valence-corrected chi connectivity index (χ0v) is 14.8. The predicted molar refractivity (Wildman–Crippen MR) is 101 cm³/mol. The fourth-order valence-corrected chi connectivity index (χ4v) is 3.12. The highest BCUT2D eigenvalue weighted by molar-refractivity contribution is 5.94. The van der Waals surface area contributed by atoms with E-state index in [-0.39, 0.29) is 35.7 Å². The molecule has 1 aliphatic rings. The summed E-state index contributed by atoms with van der Waals surface area (Å²) in [6, 6.07) is 12.6. The van der Waals surface area contributed by atoms with Crippen molar-refractivity contribution in [2.24, 2.45) is 5.92 Å². The third-order valence-electron chi connectivity index (χ3n) is 4.64. The summed E-state index contributed by atoms with van der Waals surface area (Å²) in [5.41, 5.74) is 0.564. The minimum Gasteiger partial charge on any atom is -0.506 e. The second-order valence-electron chi connectivity index (χ2n) is 6.58. The molecule has 2 aromatic rings. The number of phenols is 1. The van der Waals surface area contributed by atoms with Gasteiger partial charge in [-0.25, -0.2) is 4.39 Å². The van der Waals surface area contributed by atoms with Crippen molar-refractivity contribution in [3.63, 3.8) is 0 Å². The van der Waals surface area contributed by atoms with Crippen molar-refractivity contribution in [1.29, 1.82) is 0 Å². The Bertz CT molecular complexity index is 820. The molecule has 0 bridgehead atoms. The van der Waals surface area contributed by atoms with Crippen molar-refractivity contribution in [3.8, 4) is 5.75 Å². The van der Waals surface area contributed by atoms with Gasteiger partial charge in [0.05, 0.1) is 17.9 Å². The molecule has 0 spiro atoms. The summed E-state index contributed by atoms with van der Waals surface area (Å²) in [5.74, 6) is -1.02. The van der Waals surface area contributed by atoms with Crippen LogP contribution in [0.4, 0.5) is 15.8 Å². The molecule has 2 aromatic carbocycles. The van der Waals surface area contributed by atoms with Crippen molar-refractivity contribution < 1.29 is 19.1 Å². The summed E-state index contributed by atoms with van der Waals surface area (Å²) < 4.78 is 13.6. The lowest BCUT2D eigenvalue weighted by Gasteiger charge is -2.30. The second kappa shape index (κ2) is 8.64. The van der Waals surface area contributed by atoms with Crippen molar-refractivity contribution in [2.75, 3.05) is 30.3 Å². The Kier molecular flexibility index (Phi) is 6.03. The maximum Gasteiger partial charge on any atom is 0.238 e. The van der Waals surface area contributed by atoms with Crippen molar-refractivity contribution in [2.45, 2.75) is 12.8 Å². The molecule has 3 rings (SSSR count). The summed E-state index contributed by atoms with van der Waals surface area (Å²) in [4.78, 5) is 26.4. The summed E-state index contributed by atoms with van der Waals surface area (Å²) in [6.07, 6.45) is 1.23. The lowest BCUT2D eigenvalue weighted by atomic mass is 9.95. The highest BCUT2D eigenvalue weighted by Crippen LogP contribution is 2.24. The van der Waals surface area contributed by atoms with Crippen LogP contribution < -0.4 is 10.6 Å². The smallest absolute Gasteiger partial charge is 0.238 e. The number of piperidine rings is 1. The molecule has 1 saturated heterocycles. The van der Waals surface area contributed by atoms with Gasteiger partial charge < -0.3 is 15.7 Å². The van der Waals surface area contributed by atoms with E-state index in [1.807, 2.05) is 4.90 Å². The van der Waals surface area contributed by atoms with Gasteiger partial charge in [-0.1, -0.05) is 24.3 Å². The van der Waals surface area contributed by atoms with E-state index in [9.17, 15) is 19.1 Å². The van der Waals surface area contributed by atoms with Crippen LogP contribution in [0.1, 0.15) is 12.8 Å². The number of nitrogens with one attached hydrogen (secondary N) is 2. The van der Waals surface area contributed by atoms with Crippen molar-refractivity contribution >= 4 is 23.2 Å². The maximum atomic E-state index is 13.6. The van der Waals surface area contributed by atoms with E-state index in [1.54, 1.807) is 30.3 Å². The maximum absolute atomic E-state index is 13.6. The number of nitrogens with zero attached hydrogens (tertiary/aromatic N) is 1. The molecule has 2 amide bonds. The average Bonchev–Trinajstić information content (AvgIpc) is 2.66. The number of anilines is 2. The first-order valence-corrected chi connectivity index (χ1v) is 8.88.